The molecule has 1 saturated heterocycles. The molecule has 1 heterocycles. The number of hydrogen-bond acceptors (Lipinski definition) is 5. The van der Waals surface area contributed by atoms with Crippen molar-refractivity contribution >= 4 is 0 Å². The van der Waals surface area contributed by atoms with E-state index in [9.17, 15) is 13.9 Å². The summed E-state index contributed by atoms with van der Waals surface area (Å²) < 4.78 is 34.6. The number of halogens is 2. The summed E-state index contributed by atoms with van der Waals surface area (Å²) in [4.78, 5) is 4.57. The number of hydrogen-bond donors (Lipinski definition) is 1. The Kier molecular flexibility index (Phi) is 7.20. The van der Waals surface area contributed by atoms with E-state index in [4.69, 9.17) is 4.74 Å². The molecule has 0 spiro atoms. The van der Waals surface area contributed by atoms with Crippen molar-refractivity contribution in [1.82, 2.24) is 9.80 Å². The van der Waals surface area contributed by atoms with Crippen LogP contribution in [0.2, 0.25) is 0 Å². The molecule has 1 atom stereocenters. The standard InChI is InChI=1S/C17H26F2N2O3/c1-3-14(12-22)21-8-6-20(7-9-21)11-13-4-5-15(23-2)16(10-13)24-17(18)19/h4-5,10,14,17,22H,3,6-9,11-12H2,1-2H3. The minimum Gasteiger partial charge on any atom is -0.493 e. The van der Waals surface area contributed by atoms with Crippen molar-refractivity contribution in [2.45, 2.75) is 32.5 Å². The Morgan fingerprint density at radius 3 is 2.42 bits per heavy atom. The maximum Gasteiger partial charge on any atom is 0.387 e. The third kappa shape index (κ3) is 5.03. The molecule has 1 aliphatic heterocycles. The van der Waals surface area contributed by atoms with E-state index >= 15 is 0 Å². The largest absolute Gasteiger partial charge is 0.493 e. The van der Waals surface area contributed by atoms with Gasteiger partial charge in [0.25, 0.3) is 0 Å². The minimum absolute atomic E-state index is 0.0648. The van der Waals surface area contributed by atoms with Gasteiger partial charge in [0, 0.05) is 38.8 Å². The molecule has 1 aromatic rings. The van der Waals surface area contributed by atoms with Crippen LogP contribution in [0.15, 0.2) is 18.2 Å². The first-order chi connectivity index (χ1) is 11.6. The van der Waals surface area contributed by atoms with Gasteiger partial charge < -0.3 is 14.6 Å². The van der Waals surface area contributed by atoms with Gasteiger partial charge in [-0.3, -0.25) is 9.80 Å². The fraction of sp³-hybridized carbons (Fsp3) is 0.647. The molecule has 24 heavy (non-hydrogen) atoms. The summed E-state index contributed by atoms with van der Waals surface area (Å²) in [6.45, 7) is 3.63. The highest BCUT2D eigenvalue weighted by molar-refractivity contribution is 5.43. The molecule has 5 nitrogen and oxygen atoms in total. The van der Waals surface area contributed by atoms with Crippen LogP contribution in [0.25, 0.3) is 0 Å². The Morgan fingerprint density at radius 1 is 1.17 bits per heavy atom. The summed E-state index contributed by atoms with van der Waals surface area (Å²) >= 11 is 0. The number of benzene rings is 1. The van der Waals surface area contributed by atoms with E-state index in [0.29, 0.717) is 12.3 Å². The molecule has 0 saturated carbocycles. The summed E-state index contributed by atoms with van der Waals surface area (Å²) in [5.74, 6) is 0.368. The molecule has 1 aromatic carbocycles. The number of alkyl halides is 2. The van der Waals surface area contributed by atoms with Crippen molar-refractivity contribution in [2.75, 3.05) is 39.9 Å². The van der Waals surface area contributed by atoms with Gasteiger partial charge in [-0.15, -0.1) is 0 Å². The molecule has 7 heteroatoms. The highest BCUT2D eigenvalue weighted by Crippen LogP contribution is 2.30. The molecule has 0 amide bonds. The first kappa shape index (κ1) is 18.9. The Labute approximate surface area is 141 Å². The fourth-order valence-electron chi connectivity index (χ4n) is 3.06. The zero-order valence-corrected chi connectivity index (χ0v) is 14.3. The first-order valence-corrected chi connectivity index (χ1v) is 8.26. The lowest BCUT2D eigenvalue weighted by Gasteiger charge is -2.38. The van der Waals surface area contributed by atoms with Crippen LogP contribution >= 0.6 is 0 Å². The van der Waals surface area contributed by atoms with E-state index in [0.717, 1.165) is 38.2 Å². The van der Waals surface area contributed by atoms with Crippen LogP contribution in [0.1, 0.15) is 18.9 Å². The second-order valence-corrected chi connectivity index (χ2v) is 5.92. The van der Waals surface area contributed by atoms with Crippen LogP contribution in [0.4, 0.5) is 8.78 Å². The average molecular weight is 344 g/mol. The van der Waals surface area contributed by atoms with Crippen LogP contribution in [-0.4, -0.2) is 67.5 Å². The molecule has 0 aliphatic carbocycles. The van der Waals surface area contributed by atoms with E-state index in [1.807, 2.05) is 6.07 Å². The van der Waals surface area contributed by atoms with E-state index < -0.39 is 6.61 Å². The van der Waals surface area contributed by atoms with Gasteiger partial charge in [0.05, 0.1) is 13.7 Å². The number of aliphatic hydroxyl groups is 1. The quantitative estimate of drug-likeness (QED) is 0.783. The molecule has 0 radical (unpaired) electrons. The van der Waals surface area contributed by atoms with Gasteiger partial charge >= 0.3 is 6.61 Å². The summed E-state index contributed by atoms with van der Waals surface area (Å²) in [5.41, 5.74) is 0.911. The molecular formula is C17H26F2N2O3. The maximum absolute atomic E-state index is 12.5. The lowest BCUT2D eigenvalue weighted by molar-refractivity contribution is -0.0512. The predicted molar refractivity (Wildman–Crippen MR) is 87.6 cm³/mol. The lowest BCUT2D eigenvalue weighted by atomic mass is 10.1. The van der Waals surface area contributed by atoms with E-state index in [-0.39, 0.29) is 18.4 Å². The summed E-state index contributed by atoms with van der Waals surface area (Å²) in [7, 11) is 1.43. The highest BCUT2D eigenvalue weighted by atomic mass is 19.3. The number of aliphatic hydroxyl groups excluding tert-OH is 1. The van der Waals surface area contributed by atoms with Crippen molar-refractivity contribution in [1.29, 1.82) is 0 Å². The number of methoxy groups -OCH3 is 1. The summed E-state index contributed by atoms with van der Waals surface area (Å²) in [5, 5.41) is 9.39. The lowest BCUT2D eigenvalue weighted by Crippen LogP contribution is -2.50. The number of nitrogens with zero attached hydrogens (tertiary/aromatic N) is 2. The van der Waals surface area contributed by atoms with Crippen LogP contribution in [0.3, 0.4) is 0 Å². The number of rotatable bonds is 8. The van der Waals surface area contributed by atoms with Gasteiger partial charge in [-0.25, -0.2) is 0 Å². The maximum atomic E-state index is 12.5. The van der Waals surface area contributed by atoms with Crippen molar-refractivity contribution < 1.29 is 23.4 Å². The van der Waals surface area contributed by atoms with Crippen LogP contribution in [0, 0.1) is 0 Å². The van der Waals surface area contributed by atoms with Crippen LogP contribution in [0.5, 0.6) is 11.5 Å². The van der Waals surface area contributed by atoms with E-state index in [1.54, 1.807) is 12.1 Å². The Morgan fingerprint density at radius 2 is 1.88 bits per heavy atom. The first-order valence-electron chi connectivity index (χ1n) is 8.26. The molecular weight excluding hydrogens is 318 g/mol. The Hall–Kier alpha value is -1.44. The fourth-order valence-corrected chi connectivity index (χ4v) is 3.06. The number of piperazine rings is 1. The SMILES string of the molecule is CCC(CO)N1CCN(Cc2ccc(OC)c(OC(F)F)c2)CC1. The molecule has 0 bridgehead atoms. The Bertz CT molecular complexity index is 505. The zero-order valence-electron chi connectivity index (χ0n) is 14.3. The van der Waals surface area contributed by atoms with Gasteiger partial charge in [-0.05, 0) is 24.1 Å². The van der Waals surface area contributed by atoms with Crippen molar-refractivity contribution in [2.24, 2.45) is 0 Å². The normalized spacial score (nSPS) is 17.9. The monoisotopic (exact) mass is 344 g/mol. The van der Waals surface area contributed by atoms with E-state index in [1.165, 1.54) is 7.11 Å². The second kappa shape index (κ2) is 9.15. The molecule has 2 rings (SSSR count). The third-order valence-corrected chi connectivity index (χ3v) is 4.46. The number of ether oxygens (including phenoxy) is 2. The molecule has 1 unspecified atom stereocenters. The molecule has 0 aromatic heterocycles. The van der Waals surface area contributed by atoms with Crippen LogP contribution < -0.4 is 9.47 Å². The summed E-state index contributed by atoms with van der Waals surface area (Å²) in [6, 6.07) is 5.35. The second-order valence-electron chi connectivity index (χ2n) is 5.92. The zero-order chi connectivity index (χ0) is 17.5. The molecule has 1 fully saturated rings. The van der Waals surface area contributed by atoms with Crippen molar-refractivity contribution in [3.8, 4) is 11.5 Å². The topological polar surface area (TPSA) is 45.2 Å². The van der Waals surface area contributed by atoms with Gasteiger partial charge in [0.15, 0.2) is 11.5 Å². The highest BCUT2D eigenvalue weighted by Gasteiger charge is 2.22. The smallest absolute Gasteiger partial charge is 0.387 e. The minimum atomic E-state index is -2.87. The van der Waals surface area contributed by atoms with Crippen LogP contribution in [-0.2, 0) is 6.54 Å². The van der Waals surface area contributed by atoms with Gasteiger partial charge in [-0.2, -0.15) is 8.78 Å². The molecule has 1 aliphatic rings. The molecule has 1 N–H and O–H groups in total. The average Bonchev–Trinajstić information content (AvgIpc) is 2.57. The van der Waals surface area contributed by atoms with Crippen molar-refractivity contribution in [3.63, 3.8) is 0 Å². The summed E-state index contributed by atoms with van der Waals surface area (Å²) in [6.07, 6.45) is 0.934. The molecule has 136 valence electrons. The Balaban J connectivity index is 1.95. The van der Waals surface area contributed by atoms with Crippen molar-refractivity contribution in [3.05, 3.63) is 23.8 Å². The third-order valence-electron chi connectivity index (χ3n) is 4.46. The van der Waals surface area contributed by atoms with E-state index in [2.05, 4.69) is 21.5 Å². The van der Waals surface area contributed by atoms with Gasteiger partial charge in [0.2, 0.25) is 0 Å². The predicted octanol–water partition coefficient (Wildman–Crippen LogP) is 2.19. The van der Waals surface area contributed by atoms with Gasteiger partial charge in [-0.1, -0.05) is 13.0 Å². The van der Waals surface area contributed by atoms with Gasteiger partial charge in [0.1, 0.15) is 0 Å².